The van der Waals surface area contributed by atoms with E-state index >= 15 is 0 Å². The van der Waals surface area contributed by atoms with Crippen LogP contribution in [0.15, 0.2) is 0 Å². The molecule has 5 heteroatoms. The van der Waals surface area contributed by atoms with Gasteiger partial charge in [0.2, 0.25) is 0 Å². The minimum atomic E-state index is 0.796. The Hall–Kier alpha value is -0.390. The summed E-state index contributed by atoms with van der Waals surface area (Å²) in [6.07, 6.45) is 3.90. The van der Waals surface area contributed by atoms with Crippen molar-refractivity contribution in [1.29, 1.82) is 0 Å². The smallest absolute Gasteiger partial charge is 0.169 e. The second kappa shape index (κ2) is 7.26. The predicted octanol–water partition coefficient (Wildman–Crippen LogP) is 0.925. The van der Waals surface area contributed by atoms with Gasteiger partial charge in [-0.25, -0.2) is 0 Å². The third-order valence-corrected chi connectivity index (χ3v) is 4.08. The van der Waals surface area contributed by atoms with Gasteiger partial charge >= 0.3 is 0 Å². The van der Waals surface area contributed by atoms with Crippen molar-refractivity contribution in [2.45, 2.75) is 19.3 Å². The van der Waals surface area contributed by atoms with Gasteiger partial charge in [-0.3, -0.25) is 4.90 Å². The van der Waals surface area contributed by atoms with Crippen LogP contribution < -0.4 is 5.32 Å². The molecule has 0 aromatic rings. The summed E-state index contributed by atoms with van der Waals surface area (Å²) in [7, 11) is 1.73. The molecule has 2 aliphatic rings. The average Bonchev–Trinajstić information content (AvgIpc) is 3.19. The molecule has 0 radical (unpaired) electrons. The van der Waals surface area contributed by atoms with Gasteiger partial charge in [0.15, 0.2) is 5.11 Å². The number of nitrogens with one attached hydrogen (secondary N) is 1. The molecule has 1 heterocycles. The first kappa shape index (κ1) is 14.0. The summed E-state index contributed by atoms with van der Waals surface area (Å²) in [5, 5.41) is 4.23. The van der Waals surface area contributed by atoms with Gasteiger partial charge in [0.25, 0.3) is 0 Å². The molecule has 0 bridgehead atoms. The molecule has 0 amide bonds. The molecule has 4 nitrogen and oxygen atoms in total. The molecule has 0 aromatic heterocycles. The maximum absolute atomic E-state index is 5.42. The number of thiocarbonyl (C=S) groups is 1. The monoisotopic (exact) mass is 271 g/mol. The Balaban J connectivity index is 1.57. The highest BCUT2D eigenvalue weighted by Gasteiger charge is 2.26. The fraction of sp³-hybridized carbons (Fsp3) is 0.923. The van der Waals surface area contributed by atoms with E-state index in [0.717, 1.165) is 56.8 Å². The predicted molar refractivity (Wildman–Crippen MR) is 77.8 cm³/mol. The van der Waals surface area contributed by atoms with Crippen LogP contribution in [0, 0.1) is 5.92 Å². The highest BCUT2D eigenvalue weighted by atomic mass is 32.1. The summed E-state index contributed by atoms with van der Waals surface area (Å²) >= 11 is 5.42. The van der Waals surface area contributed by atoms with Gasteiger partial charge in [0.05, 0.1) is 0 Å². The average molecular weight is 271 g/mol. The highest BCUT2D eigenvalue weighted by Crippen LogP contribution is 2.29. The fourth-order valence-corrected chi connectivity index (χ4v) is 2.61. The van der Waals surface area contributed by atoms with Crippen molar-refractivity contribution < 1.29 is 4.74 Å². The molecule has 1 saturated carbocycles. The van der Waals surface area contributed by atoms with Crippen molar-refractivity contribution in [2.24, 2.45) is 5.92 Å². The van der Waals surface area contributed by atoms with Crippen molar-refractivity contribution in [2.75, 3.05) is 53.0 Å². The van der Waals surface area contributed by atoms with Crippen LogP contribution in [0.4, 0.5) is 0 Å². The number of nitrogens with zero attached hydrogens (tertiary/aromatic N) is 2. The fourth-order valence-electron chi connectivity index (χ4n) is 2.32. The maximum Gasteiger partial charge on any atom is 0.169 e. The lowest BCUT2D eigenvalue weighted by molar-refractivity contribution is 0.174. The lowest BCUT2D eigenvalue weighted by Crippen LogP contribution is -2.52. The van der Waals surface area contributed by atoms with Crippen molar-refractivity contribution in [3.05, 3.63) is 0 Å². The minimum Gasteiger partial charge on any atom is -0.385 e. The number of rotatable bonds is 6. The van der Waals surface area contributed by atoms with E-state index in [4.69, 9.17) is 17.0 Å². The molecule has 104 valence electrons. The molecule has 0 unspecified atom stereocenters. The van der Waals surface area contributed by atoms with E-state index in [9.17, 15) is 0 Å². The van der Waals surface area contributed by atoms with Crippen molar-refractivity contribution >= 4 is 17.3 Å². The molecule has 1 saturated heterocycles. The summed E-state index contributed by atoms with van der Waals surface area (Å²) < 4.78 is 5.02. The summed E-state index contributed by atoms with van der Waals surface area (Å²) in [5.74, 6) is 0.996. The standard InChI is InChI=1S/C13H25N3OS/c1-17-10-2-5-14-13(18)16-8-6-15(7-9-16)11-12-3-4-12/h12H,2-11H2,1H3,(H,14,18). The van der Waals surface area contributed by atoms with Gasteiger partial charge in [-0.1, -0.05) is 0 Å². The van der Waals surface area contributed by atoms with Crippen LogP contribution in [-0.4, -0.2) is 67.9 Å². The van der Waals surface area contributed by atoms with Gasteiger partial charge in [-0.15, -0.1) is 0 Å². The second-order valence-electron chi connectivity index (χ2n) is 5.31. The highest BCUT2D eigenvalue weighted by molar-refractivity contribution is 7.80. The van der Waals surface area contributed by atoms with E-state index in [1.807, 2.05) is 0 Å². The normalized spacial score (nSPS) is 21.1. The van der Waals surface area contributed by atoms with Crippen LogP contribution in [-0.2, 0) is 4.74 Å². The van der Waals surface area contributed by atoms with Crippen molar-refractivity contribution in [3.63, 3.8) is 0 Å². The minimum absolute atomic E-state index is 0.796. The molecule has 2 rings (SSSR count). The molecular formula is C13H25N3OS. The Morgan fingerprint density at radius 1 is 1.28 bits per heavy atom. The van der Waals surface area contributed by atoms with Crippen LogP contribution in [0.25, 0.3) is 0 Å². The van der Waals surface area contributed by atoms with Gasteiger partial charge in [0.1, 0.15) is 0 Å². The number of hydrogen-bond acceptors (Lipinski definition) is 3. The Labute approximate surface area is 116 Å². The number of piperazine rings is 1. The first-order chi connectivity index (χ1) is 8.79. The van der Waals surface area contributed by atoms with E-state index in [0.29, 0.717) is 0 Å². The molecule has 1 N–H and O–H groups in total. The van der Waals surface area contributed by atoms with E-state index in [1.54, 1.807) is 7.11 Å². The Morgan fingerprint density at radius 2 is 2.00 bits per heavy atom. The SMILES string of the molecule is COCCCNC(=S)N1CCN(CC2CC2)CC1. The summed E-state index contributed by atoms with van der Waals surface area (Å²) in [4.78, 5) is 4.88. The van der Waals surface area contributed by atoms with Crippen LogP contribution >= 0.6 is 12.2 Å². The summed E-state index contributed by atoms with van der Waals surface area (Å²) in [6, 6.07) is 0. The Bertz CT molecular complexity index is 263. The third-order valence-electron chi connectivity index (χ3n) is 3.67. The van der Waals surface area contributed by atoms with Crippen LogP contribution in [0.1, 0.15) is 19.3 Å². The first-order valence-electron chi connectivity index (χ1n) is 7.03. The zero-order valence-corrected chi connectivity index (χ0v) is 12.2. The van der Waals surface area contributed by atoms with Crippen molar-refractivity contribution in [3.8, 4) is 0 Å². The quantitative estimate of drug-likeness (QED) is 0.573. The molecule has 18 heavy (non-hydrogen) atoms. The molecule has 1 aliphatic heterocycles. The molecule has 0 aromatic carbocycles. The maximum atomic E-state index is 5.42. The largest absolute Gasteiger partial charge is 0.385 e. The number of methoxy groups -OCH3 is 1. The number of hydrogen-bond donors (Lipinski definition) is 1. The molecule has 1 aliphatic carbocycles. The van der Waals surface area contributed by atoms with Crippen LogP contribution in [0.2, 0.25) is 0 Å². The van der Waals surface area contributed by atoms with E-state index in [1.165, 1.54) is 19.4 Å². The molecular weight excluding hydrogens is 246 g/mol. The molecule has 0 atom stereocenters. The van der Waals surface area contributed by atoms with Crippen LogP contribution in [0.3, 0.4) is 0 Å². The lowest BCUT2D eigenvalue weighted by Gasteiger charge is -2.36. The Morgan fingerprint density at radius 3 is 2.61 bits per heavy atom. The van der Waals surface area contributed by atoms with E-state index in [-0.39, 0.29) is 0 Å². The van der Waals surface area contributed by atoms with E-state index in [2.05, 4.69) is 15.1 Å². The van der Waals surface area contributed by atoms with Crippen molar-refractivity contribution in [1.82, 2.24) is 15.1 Å². The third kappa shape index (κ3) is 4.71. The zero-order valence-electron chi connectivity index (χ0n) is 11.4. The summed E-state index contributed by atoms with van der Waals surface area (Å²) in [5.41, 5.74) is 0. The topological polar surface area (TPSA) is 27.7 Å². The second-order valence-corrected chi connectivity index (χ2v) is 5.70. The van der Waals surface area contributed by atoms with Gasteiger partial charge in [-0.05, 0) is 37.4 Å². The lowest BCUT2D eigenvalue weighted by atomic mass is 10.3. The first-order valence-corrected chi connectivity index (χ1v) is 7.44. The van der Waals surface area contributed by atoms with Gasteiger partial charge in [-0.2, -0.15) is 0 Å². The van der Waals surface area contributed by atoms with Gasteiger partial charge < -0.3 is 15.0 Å². The zero-order chi connectivity index (χ0) is 12.8. The van der Waals surface area contributed by atoms with Gasteiger partial charge in [0, 0.05) is 53.0 Å². The summed E-state index contributed by atoms with van der Waals surface area (Å²) in [6.45, 7) is 7.49. The Kier molecular flexibility index (Phi) is 5.66. The molecule has 2 fully saturated rings. The van der Waals surface area contributed by atoms with E-state index < -0.39 is 0 Å². The number of ether oxygens (including phenoxy) is 1. The molecule has 0 spiro atoms. The van der Waals surface area contributed by atoms with Crippen LogP contribution in [0.5, 0.6) is 0 Å².